The van der Waals surface area contributed by atoms with Crippen LogP contribution in [0.25, 0.3) is 10.9 Å². The normalized spacial score (nSPS) is 11.7. The van der Waals surface area contributed by atoms with E-state index in [2.05, 4.69) is 15.4 Å². The molecule has 0 aliphatic rings. The summed E-state index contributed by atoms with van der Waals surface area (Å²) in [4.78, 5) is 15.5. The van der Waals surface area contributed by atoms with Gasteiger partial charge in [-0.05, 0) is 24.6 Å². The summed E-state index contributed by atoms with van der Waals surface area (Å²) in [5, 5.41) is 7.60. The Kier molecular flexibility index (Phi) is 3.96. The lowest BCUT2D eigenvalue weighted by atomic mass is 10.2. The number of amides is 1. The van der Waals surface area contributed by atoms with Gasteiger partial charge in [0.1, 0.15) is 12.2 Å². The third kappa shape index (κ3) is 3.22. The summed E-state index contributed by atoms with van der Waals surface area (Å²) >= 11 is 0. The maximum absolute atomic E-state index is 12.6. The number of rotatable bonds is 3. The molecule has 2 heterocycles. The van der Waals surface area contributed by atoms with Gasteiger partial charge in [-0.2, -0.15) is 18.3 Å². The summed E-state index contributed by atoms with van der Waals surface area (Å²) in [6.45, 7) is 1.43. The molecule has 1 amide bonds. The first-order chi connectivity index (χ1) is 11.3. The standard InChI is InChI=1S/C16H13F3N4O/c1-10-6-14(16(17,18)19)20-8-12(10)22-15(24)9-23-13-5-3-2-4-11(13)7-21-23/h2-8H,9H2,1H3,(H,22,24). The Morgan fingerprint density at radius 1 is 1.25 bits per heavy atom. The lowest BCUT2D eigenvalue weighted by molar-refractivity contribution is -0.141. The van der Waals surface area contributed by atoms with E-state index >= 15 is 0 Å². The lowest BCUT2D eigenvalue weighted by Crippen LogP contribution is -2.20. The minimum atomic E-state index is -4.51. The summed E-state index contributed by atoms with van der Waals surface area (Å²) in [5.74, 6) is -0.395. The van der Waals surface area contributed by atoms with E-state index in [0.717, 1.165) is 23.2 Å². The van der Waals surface area contributed by atoms with Crippen molar-refractivity contribution in [1.82, 2.24) is 14.8 Å². The highest BCUT2D eigenvalue weighted by Gasteiger charge is 2.32. The first-order valence-corrected chi connectivity index (χ1v) is 7.09. The summed E-state index contributed by atoms with van der Waals surface area (Å²) in [7, 11) is 0. The van der Waals surface area contributed by atoms with Gasteiger partial charge in [0.05, 0.1) is 23.6 Å². The zero-order chi connectivity index (χ0) is 17.3. The van der Waals surface area contributed by atoms with E-state index in [-0.39, 0.29) is 17.8 Å². The fourth-order valence-electron chi connectivity index (χ4n) is 2.32. The van der Waals surface area contributed by atoms with Crippen molar-refractivity contribution in [2.75, 3.05) is 5.32 Å². The van der Waals surface area contributed by atoms with Crippen LogP contribution in [0, 0.1) is 6.92 Å². The van der Waals surface area contributed by atoms with Crippen LogP contribution in [0.5, 0.6) is 0 Å². The molecule has 2 aromatic heterocycles. The van der Waals surface area contributed by atoms with E-state index in [1.165, 1.54) is 11.6 Å². The quantitative estimate of drug-likeness (QED) is 0.799. The van der Waals surface area contributed by atoms with Gasteiger partial charge in [-0.1, -0.05) is 18.2 Å². The molecule has 0 aliphatic carbocycles. The predicted molar refractivity (Wildman–Crippen MR) is 82.3 cm³/mol. The minimum absolute atomic E-state index is 0.0476. The molecule has 0 bridgehead atoms. The number of fused-ring (bicyclic) bond motifs is 1. The number of carbonyl (C=O) groups excluding carboxylic acids is 1. The van der Waals surface area contributed by atoms with E-state index < -0.39 is 17.8 Å². The van der Waals surface area contributed by atoms with E-state index in [4.69, 9.17) is 0 Å². The van der Waals surface area contributed by atoms with Crippen molar-refractivity contribution in [1.29, 1.82) is 0 Å². The number of hydrogen-bond acceptors (Lipinski definition) is 3. The van der Waals surface area contributed by atoms with Crippen molar-refractivity contribution in [3.63, 3.8) is 0 Å². The number of benzene rings is 1. The second-order valence-corrected chi connectivity index (χ2v) is 5.29. The zero-order valence-corrected chi connectivity index (χ0v) is 12.6. The number of pyridine rings is 1. The molecular formula is C16H13F3N4O. The smallest absolute Gasteiger partial charge is 0.323 e. The van der Waals surface area contributed by atoms with Crippen molar-refractivity contribution in [3.05, 3.63) is 54.0 Å². The van der Waals surface area contributed by atoms with Crippen LogP contribution in [0.15, 0.2) is 42.7 Å². The van der Waals surface area contributed by atoms with Crippen molar-refractivity contribution < 1.29 is 18.0 Å². The molecule has 3 aromatic rings. The van der Waals surface area contributed by atoms with Crippen molar-refractivity contribution in [2.45, 2.75) is 19.6 Å². The zero-order valence-electron chi connectivity index (χ0n) is 12.6. The highest BCUT2D eigenvalue weighted by Crippen LogP contribution is 2.29. The van der Waals surface area contributed by atoms with Crippen LogP contribution in [-0.4, -0.2) is 20.7 Å². The van der Waals surface area contributed by atoms with Crippen molar-refractivity contribution in [3.8, 4) is 0 Å². The van der Waals surface area contributed by atoms with Crippen LogP contribution in [0.2, 0.25) is 0 Å². The van der Waals surface area contributed by atoms with Gasteiger partial charge in [0.15, 0.2) is 0 Å². The van der Waals surface area contributed by atoms with Gasteiger partial charge in [0.25, 0.3) is 0 Å². The molecule has 1 N–H and O–H groups in total. The van der Waals surface area contributed by atoms with Crippen LogP contribution >= 0.6 is 0 Å². The number of aryl methyl sites for hydroxylation is 1. The SMILES string of the molecule is Cc1cc(C(F)(F)F)ncc1NC(=O)Cn1ncc2ccccc21. The number of nitrogens with one attached hydrogen (secondary N) is 1. The second-order valence-electron chi connectivity index (χ2n) is 5.29. The van der Waals surface area contributed by atoms with Crippen molar-refractivity contribution in [2.24, 2.45) is 0 Å². The highest BCUT2D eigenvalue weighted by atomic mass is 19.4. The van der Waals surface area contributed by atoms with Gasteiger partial charge in [-0.25, -0.2) is 4.98 Å². The number of halogens is 3. The fourth-order valence-corrected chi connectivity index (χ4v) is 2.32. The molecule has 8 heteroatoms. The van der Waals surface area contributed by atoms with Gasteiger partial charge in [0.2, 0.25) is 5.91 Å². The van der Waals surface area contributed by atoms with E-state index in [9.17, 15) is 18.0 Å². The Hall–Kier alpha value is -2.90. The minimum Gasteiger partial charge on any atom is -0.323 e. The molecule has 0 saturated heterocycles. The predicted octanol–water partition coefficient (Wildman–Crippen LogP) is 3.40. The molecule has 0 aliphatic heterocycles. The molecule has 24 heavy (non-hydrogen) atoms. The number of alkyl halides is 3. The molecule has 0 spiro atoms. The van der Waals surface area contributed by atoms with Crippen LogP contribution < -0.4 is 5.32 Å². The lowest BCUT2D eigenvalue weighted by Gasteiger charge is -2.11. The topological polar surface area (TPSA) is 59.8 Å². The first kappa shape index (κ1) is 16.0. The van der Waals surface area contributed by atoms with Crippen LogP contribution in [0.3, 0.4) is 0 Å². The van der Waals surface area contributed by atoms with E-state index in [0.29, 0.717) is 0 Å². The number of hydrogen-bond donors (Lipinski definition) is 1. The summed E-state index contributed by atoms with van der Waals surface area (Å²) in [6, 6.07) is 8.31. The van der Waals surface area contributed by atoms with E-state index in [1.54, 1.807) is 6.20 Å². The third-order valence-electron chi connectivity index (χ3n) is 3.52. The average molecular weight is 334 g/mol. The van der Waals surface area contributed by atoms with E-state index in [1.807, 2.05) is 24.3 Å². The summed E-state index contributed by atoms with van der Waals surface area (Å²) in [6.07, 6.45) is -1.86. The molecule has 3 rings (SSSR count). The first-order valence-electron chi connectivity index (χ1n) is 7.09. The Morgan fingerprint density at radius 2 is 2.00 bits per heavy atom. The highest BCUT2D eigenvalue weighted by molar-refractivity contribution is 5.92. The molecule has 0 atom stereocenters. The average Bonchev–Trinajstić information content (AvgIpc) is 2.91. The Bertz CT molecular complexity index is 902. The van der Waals surface area contributed by atoms with Crippen LogP contribution in [0.1, 0.15) is 11.3 Å². The molecule has 0 fully saturated rings. The molecule has 1 aromatic carbocycles. The second kappa shape index (κ2) is 5.95. The van der Waals surface area contributed by atoms with Gasteiger partial charge in [0, 0.05) is 5.39 Å². The molecular weight excluding hydrogens is 321 g/mol. The van der Waals surface area contributed by atoms with Gasteiger partial charge < -0.3 is 5.32 Å². The fraction of sp³-hybridized carbons (Fsp3) is 0.188. The monoisotopic (exact) mass is 334 g/mol. The number of aromatic nitrogens is 3. The maximum Gasteiger partial charge on any atom is 0.433 e. The number of anilines is 1. The number of carbonyl (C=O) groups is 1. The van der Waals surface area contributed by atoms with Crippen LogP contribution in [-0.2, 0) is 17.5 Å². The van der Waals surface area contributed by atoms with Gasteiger partial charge >= 0.3 is 6.18 Å². The van der Waals surface area contributed by atoms with Gasteiger partial charge in [-0.3, -0.25) is 9.48 Å². The molecule has 0 saturated carbocycles. The largest absolute Gasteiger partial charge is 0.433 e. The Balaban J connectivity index is 1.75. The molecule has 0 unspecified atom stereocenters. The third-order valence-corrected chi connectivity index (χ3v) is 3.52. The van der Waals surface area contributed by atoms with Crippen molar-refractivity contribution >= 4 is 22.5 Å². The molecule has 5 nitrogen and oxygen atoms in total. The Labute approximate surface area is 135 Å². The summed E-state index contributed by atoms with van der Waals surface area (Å²) in [5.41, 5.74) is 0.339. The van der Waals surface area contributed by atoms with Gasteiger partial charge in [-0.15, -0.1) is 0 Å². The molecule has 124 valence electrons. The van der Waals surface area contributed by atoms with Crippen LogP contribution in [0.4, 0.5) is 18.9 Å². The Morgan fingerprint density at radius 3 is 2.71 bits per heavy atom. The maximum atomic E-state index is 12.6. The number of para-hydroxylation sites is 1. The molecule has 0 radical (unpaired) electrons. The number of nitrogens with zero attached hydrogens (tertiary/aromatic N) is 3. The summed E-state index contributed by atoms with van der Waals surface area (Å²) < 4.78 is 39.3.